The molecule has 128 valence electrons. The molecule has 0 bridgehead atoms. The Morgan fingerprint density at radius 2 is 1.33 bits per heavy atom. The van der Waals surface area contributed by atoms with Crippen LogP contribution in [-0.2, 0) is 0 Å². The number of hydrogen-bond donors (Lipinski definition) is 1. The summed E-state index contributed by atoms with van der Waals surface area (Å²) >= 11 is 0. The standard InChI is InChI=1S/C16H39N5/c1-18(2)11-8-12-21(7)14-10-17-16(15-20(5)6)9-13-19(3)4/h16-17H,8-15H2,1-7H3. The van der Waals surface area contributed by atoms with Gasteiger partial charge in [0.05, 0.1) is 0 Å². The fraction of sp³-hybridized carbons (Fsp3) is 1.00. The van der Waals surface area contributed by atoms with Crippen LogP contribution in [0.5, 0.6) is 0 Å². The second-order valence-electron chi connectivity index (χ2n) is 6.97. The molecule has 0 aromatic rings. The van der Waals surface area contributed by atoms with E-state index in [1.807, 2.05) is 0 Å². The molecule has 0 fully saturated rings. The summed E-state index contributed by atoms with van der Waals surface area (Å²) in [6.45, 7) is 6.80. The van der Waals surface area contributed by atoms with Crippen molar-refractivity contribution >= 4 is 0 Å². The van der Waals surface area contributed by atoms with Crippen molar-refractivity contribution < 1.29 is 0 Å². The number of hydrogen-bond acceptors (Lipinski definition) is 5. The Morgan fingerprint density at radius 1 is 0.714 bits per heavy atom. The van der Waals surface area contributed by atoms with Gasteiger partial charge < -0.3 is 24.9 Å². The zero-order valence-electron chi connectivity index (χ0n) is 15.5. The lowest BCUT2D eigenvalue weighted by atomic mass is 10.2. The van der Waals surface area contributed by atoms with E-state index in [0.717, 1.165) is 26.2 Å². The minimum atomic E-state index is 0.581. The number of likely N-dealkylation sites (N-methyl/N-ethyl adjacent to an activating group) is 2. The molecular weight excluding hydrogens is 262 g/mol. The summed E-state index contributed by atoms with van der Waals surface area (Å²) in [7, 11) is 15.1. The zero-order valence-corrected chi connectivity index (χ0v) is 15.5. The molecule has 0 saturated heterocycles. The first kappa shape index (κ1) is 20.8. The Kier molecular flexibility index (Phi) is 12.2. The van der Waals surface area contributed by atoms with Crippen LogP contribution in [0.4, 0.5) is 0 Å². The van der Waals surface area contributed by atoms with E-state index in [9.17, 15) is 0 Å². The van der Waals surface area contributed by atoms with Crippen LogP contribution in [0.3, 0.4) is 0 Å². The maximum absolute atomic E-state index is 3.72. The molecule has 0 aliphatic heterocycles. The van der Waals surface area contributed by atoms with Crippen LogP contribution < -0.4 is 5.32 Å². The predicted molar refractivity (Wildman–Crippen MR) is 94.2 cm³/mol. The van der Waals surface area contributed by atoms with Crippen molar-refractivity contribution in [3.8, 4) is 0 Å². The predicted octanol–water partition coefficient (Wildman–Crippen LogP) is 0.341. The molecule has 1 unspecified atom stereocenters. The van der Waals surface area contributed by atoms with Crippen molar-refractivity contribution in [2.45, 2.75) is 18.9 Å². The summed E-state index contributed by atoms with van der Waals surface area (Å²) in [5, 5.41) is 3.72. The molecule has 0 radical (unpaired) electrons. The average molecular weight is 302 g/mol. The summed E-state index contributed by atoms with van der Waals surface area (Å²) in [5.74, 6) is 0. The maximum atomic E-state index is 3.72. The SMILES string of the molecule is CN(C)CCCN(C)CCNC(CCN(C)C)CN(C)C. The van der Waals surface area contributed by atoms with E-state index in [1.165, 1.54) is 25.9 Å². The van der Waals surface area contributed by atoms with Crippen LogP contribution in [0.2, 0.25) is 0 Å². The fourth-order valence-electron chi connectivity index (χ4n) is 2.34. The van der Waals surface area contributed by atoms with Crippen molar-refractivity contribution in [3.05, 3.63) is 0 Å². The van der Waals surface area contributed by atoms with E-state index in [2.05, 4.69) is 74.3 Å². The van der Waals surface area contributed by atoms with Crippen LogP contribution in [0.25, 0.3) is 0 Å². The molecule has 0 aromatic carbocycles. The van der Waals surface area contributed by atoms with E-state index in [-0.39, 0.29) is 0 Å². The van der Waals surface area contributed by atoms with Crippen molar-refractivity contribution in [1.82, 2.24) is 24.9 Å². The fourth-order valence-corrected chi connectivity index (χ4v) is 2.34. The van der Waals surface area contributed by atoms with Crippen LogP contribution in [0.1, 0.15) is 12.8 Å². The first-order valence-electron chi connectivity index (χ1n) is 8.17. The number of nitrogens with one attached hydrogen (secondary N) is 1. The molecule has 5 nitrogen and oxygen atoms in total. The molecule has 0 aliphatic carbocycles. The van der Waals surface area contributed by atoms with E-state index in [4.69, 9.17) is 0 Å². The molecule has 1 N–H and O–H groups in total. The minimum Gasteiger partial charge on any atom is -0.311 e. The number of nitrogens with zero attached hydrogens (tertiary/aromatic N) is 4. The highest BCUT2D eigenvalue weighted by Crippen LogP contribution is 1.96. The summed E-state index contributed by atoms with van der Waals surface area (Å²) in [5.41, 5.74) is 0. The van der Waals surface area contributed by atoms with Crippen molar-refractivity contribution in [2.24, 2.45) is 0 Å². The number of rotatable bonds is 13. The molecule has 0 heterocycles. The first-order chi connectivity index (χ1) is 9.81. The molecule has 0 rings (SSSR count). The van der Waals surface area contributed by atoms with E-state index in [1.54, 1.807) is 0 Å². The lowest BCUT2D eigenvalue weighted by molar-refractivity contribution is 0.269. The lowest BCUT2D eigenvalue weighted by Gasteiger charge is -2.25. The van der Waals surface area contributed by atoms with Gasteiger partial charge in [-0.1, -0.05) is 0 Å². The largest absolute Gasteiger partial charge is 0.311 e. The molecule has 21 heavy (non-hydrogen) atoms. The van der Waals surface area contributed by atoms with Gasteiger partial charge in [0, 0.05) is 25.7 Å². The van der Waals surface area contributed by atoms with Gasteiger partial charge in [0.15, 0.2) is 0 Å². The van der Waals surface area contributed by atoms with Gasteiger partial charge in [-0.25, -0.2) is 0 Å². The van der Waals surface area contributed by atoms with Crippen LogP contribution >= 0.6 is 0 Å². The van der Waals surface area contributed by atoms with Gasteiger partial charge in [-0.3, -0.25) is 0 Å². The van der Waals surface area contributed by atoms with Gasteiger partial charge in [0.1, 0.15) is 0 Å². The Labute approximate surface area is 133 Å². The second kappa shape index (κ2) is 12.4. The normalized spacial score (nSPS) is 13.9. The topological polar surface area (TPSA) is 25.0 Å². The summed E-state index contributed by atoms with van der Waals surface area (Å²) in [4.78, 5) is 9.21. The Morgan fingerprint density at radius 3 is 1.86 bits per heavy atom. The van der Waals surface area contributed by atoms with Gasteiger partial charge in [-0.15, -0.1) is 0 Å². The molecule has 0 aliphatic rings. The highest BCUT2D eigenvalue weighted by molar-refractivity contribution is 4.71. The van der Waals surface area contributed by atoms with Crippen molar-refractivity contribution in [3.63, 3.8) is 0 Å². The summed E-state index contributed by atoms with van der Waals surface area (Å²) in [6.07, 6.45) is 2.45. The van der Waals surface area contributed by atoms with Gasteiger partial charge >= 0.3 is 0 Å². The third kappa shape index (κ3) is 14.5. The minimum absolute atomic E-state index is 0.581. The average Bonchev–Trinajstić information content (AvgIpc) is 2.34. The van der Waals surface area contributed by atoms with Crippen LogP contribution in [-0.4, -0.2) is 114 Å². The van der Waals surface area contributed by atoms with E-state index < -0.39 is 0 Å². The maximum Gasteiger partial charge on any atom is 0.0207 e. The first-order valence-corrected chi connectivity index (χ1v) is 8.17. The Bertz CT molecular complexity index is 231. The molecule has 5 heteroatoms. The monoisotopic (exact) mass is 301 g/mol. The molecule has 0 saturated carbocycles. The molecular formula is C16H39N5. The van der Waals surface area contributed by atoms with Crippen LogP contribution in [0.15, 0.2) is 0 Å². The summed E-state index contributed by atoms with van der Waals surface area (Å²) in [6, 6.07) is 0.581. The van der Waals surface area contributed by atoms with E-state index >= 15 is 0 Å². The van der Waals surface area contributed by atoms with Crippen molar-refractivity contribution in [1.29, 1.82) is 0 Å². The van der Waals surface area contributed by atoms with Crippen LogP contribution in [0, 0.1) is 0 Å². The molecule has 0 spiro atoms. The van der Waals surface area contributed by atoms with Gasteiger partial charge in [0.2, 0.25) is 0 Å². The van der Waals surface area contributed by atoms with Gasteiger partial charge in [-0.2, -0.15) is 0 Å². The highest BCUT2D eigenvalue weighted by Gasteiger charge is 2.10. The lowest BCUT2D eigenvalue weighted by Crippen LogP contribution is -2.43. The Hall–Kier alpha value is -0.200. The molecule has 0 amide bonds. The van der Waals surface area contributed by atoms with Gasteiger partial charge in [-0.05, 0) is 81.8 Å². The van der Waals surface area contributed by atoms with Crippen molar-refractivity contribution in [2.75, 3.05) is 88.6 Å². The quantitative estimate of drug-likeness (QED) is 0.529. The zero-order chi connectivity index (χ0) is 16.3. The third-order valence-corrected chi connectivity index (χ3v) is 3.58. The molecule has 1 atom stereocenters. The van der Waals surface area contributed by atoms with E-state index in [0.29, 0.717) is 6.04 Å². The smallest absolute Gasteiger partial charge is 0.0207 e. The second-order valence-corrected chi connectivity index (χ2v) is 6.97. The summed E-state index contributed by atoms with van der Waals surface area (Å²) < 4.78 is 0. The third-order valence-electron chi connectivity index (χ3n) is 3.58. The van der Waals surface area contributed by atoms with Gasteiger partial charge in [0.25, 0.3) is 0 Å². The highest BCUT2D eigenvalue weighted by atomic mass is 15.1. The Balaban J connectivity index is 3.83. The molecule has 0 aromatic heterocycles.